The van der Waals surface area contributed by atoms with Gasteiger partial charge in [-0.15, -0.1) is 10.2 Å². The zero-order valence-corrected chi connectivity index (χ0v) is 15.4. The highest BCUT2D eigenvalue weighted by Crippen LogP contribution is 2.24. The van der Waals surface area contributed by atoms with Gasteiger partial charge in [-0.2, -0.15) is 9.10 Å². The summed E-state index contributed by atoms with van der Waals surface area (Å²) in [6.45, 7) is 3.32. The molecule has 0 radical (unpaired) electrons. The molecule has 1 aliphatic rings. The van der Waals surface area contributed by atoms with Gasteiger partial charge in [0.1, 0.15) is 11.0 Å². The summed E-state index contributed by atoms with van der Waals surface area (Å²) < 4.78 is 27.2. The van der Waals surface area contributed by atoms with Gasteiger partial charge in [-0.25, -0.2) is 8.42 Å². The zero-order chi connectivity index (χ0) is 18.3. The second-order valence-electron chi connectivity index (χ2n) is 6.82. The second kappa shape index (κ2) is 6.37. The van der Waals surface area contributed by atoms with E-state index in [4.69, 9.17) is 5.73 Å². The minimum absolute atomic E-state index is 0.303. The molecule has 2 aromatic carbocycles. The van der Waals surface area contributed by atoms with E-state index in [1.54, 1.807) is 40.7 Å². The van der Waals surface area contributed by atoms with Crippen LogP contribution >= 0.6 is 0 Å². The van der Waals surface area contributed by atoms with E-state index in [9.17, 15) is 8.42 Å². The smallest absolute Gasteiger partial charge is 0.243 e. The fraction of sp³-hybridized carbons (Fsp3) is 0.333. The van der Waals surface area contributed by atoms with E-state index in [1.807, 2.05) is 6.07 Å². The van der Waals surface area contributed by atoms with Crippen molar-refractivity contribution in [2.45, 2.75) is 24.7 Å². The van der Waals surface area contributed by atoms with E-state index in [1.165, 1.54) is 4.80 Å². The zero-order valence-electron chi connectivity index (χ0n) is 14.5. The minimum Gasteiger partial charge on any atom is -0.399 e. The first-order chi connectivity index (χ1) is 12.4. The molecule has 3 aromatic rings. The summed E-state index contributed by atoms with van der Waals surface area (Å²) in [6.07, 6.45) is 1.81. The Morgan fingerprint density at radius 1 is 1.00 bits per heavy atom. The van der Waals surface area contributed by atoms with Gasteiger partial charge < -0.3 is 5.73 Å². The number of nitrogens with zero attached hydrogens (tertiary/aromatic N) is 4. The van der Waals surface area contributed by atoms with Gasteiger partial charge in [-0.05, 0) is 61.2 Å². The van der Waals surface area contributed by atoms with Gasteiger partial charge in [0.15, 0.2) is 0 Å². The molecular formula is C18H21N5O2S. The maximum atomic E-state index is 12.8. The lowest BCUT2D eigenvalue weighted by atomic mass is 10.0. The van der Waals surface area contributed by atoms with Gasteiger partial charge in [0, 0.05) is 18.8 Å². The van der Waals surface area contributed by atoms with Crippen molar-refractivity contribution >= 4 is 26.7 Å². The van der Waals surface area contributed by atoms with Crippen LogP contribution in [0.3, 0.4) is 0 Å². The highest BCUT2D eigenvalue weighted by atomic mass is 32.2. The number of benzene rings is 2. The Bertz CT molecular complexity index is 1040. The third-order valence-corrected chi connectivity index (χ3v) is 6.77. The molecule has 1 saturated heterocycles. The maximum absolute atomic E-state index is 12.8. The largest absolute Gasteiger partial charge is 0.399 e. The number of rotatable bonds is 3. The predicted molar refractivity (Wildman–Crippen MR) is 100 cm³/mol. The van der Waals surface area contributed by atoms with Gasteiger partial charge >= 0.3 is 0 Å². The molecule has 1 aromatic heterocycles. The van der Waals surface area contributed by atoms with E-state index < -0.39 is 10.0 Å². The molecule has 0 unspecified atom stereocenters. The molecule has 2 N–H and O–H groups in total. The molecule has 4 rings (SSSR count). The summed E-state index contributed by atoms with van der Waals surface area (Å²) in [7, 11) is -3.45. The van der Waals surface area contributed by atoms with Crippen molar-refractivity contribution < 1.29 is 8.42 Å². The minimum atomic E-state index is -3.45. The molecule has 136 valence electrons. The van der Waals surface area contributed by atoms with Crippen molar-refractivity contribution in [3.8, 4) is 5.69 Å². The number of anilines is 1. The highest BCUT2D eigenvalue weighted by Gasteiger charge is 2.27. The topological polar surface area (TPSA) is 94.1 Å². The third kappa shape index (κ3) is 3.06. The normalized spacial score (nSPS) is 17.0. The van der Waals surface area contributed by atoms with E-state index in [2.05, 4.69) is 17.1 Å². The lowest BCUT2D eigenvalue weighted by molar-refractivity contribution is 0.288. The number of hydrogen-bond acceptors (Lipinski definition) is 5. The number of hydrogen-bond donors (Lipinski definition) is 1. The molecular weight excluding hydrogens is 350 g/mol. The van der Waals surface area contributed by atoms with Crippen LogP contribution in [0, 0.1) is 5.92 Å². The summed E-state index contributed by atoms with van der Waals surface area (Å²) in [5.41, 5.74) is 8.53. The lowest BCUT2D eigenvalue weighted by Crippen LogP contribution is -2.37. The first kappa shape index (κ1) is 17.0. The van der Waals surface area contributed by atoms with Gasteiger partial charge in [0.05, 0.1) is 10.6 Å². The molecule has 8 heteroatoms. The number of nitrogen functional groups attached to an aromatic ring is 1. The fourth-order valence-corrected chi connectivity index (χ4v) is 4.64. The summed E-state index contributed by atoms with van der Waals surface area (Å²) in [4.78, 5) is 1.79. The number of aromatic nitrogens is 3. The summed E-state index contributed by atoms with van der Waals surface area (Å²) in [5.74, 6) is 0.581. The van der Waals surface area contributed by atoms with Crippen LogP contribution in [0.25, 0.3) is 16.7 Å². The Balaban J connectivity index is 1.61. The third-order valence-electron chi connectivity index (χ3n) is 4.85. The van der Waals surface area contributed by atoms with Crippen LogP contribution in [-0.4, -0.2) is 40.8 Å². The summed E-state index contributed by atoms with van der Waals surface area (Å²) >= 11 is 0. The molecule has 1 fully saturated rings. The molecule has 0 saturated carbocycles. The SMILES string of the molecule is CC1CCN(S(=O)(=O)c2ccc(-n3nc4ccc(N)cc4n3)cc2)CC1. The van der Waals surface area contributed by atoms with Crippen molar-refractivity contribution in [2.24, 2.45) is 5.92 Å². The number of sulfonamides is 1. The average molecular weight is 371 g/mol. The van der Waals surface area contributed by atoms with Gasteiger partial charge in [0.2, 0.25) is 10.0 Å². The molecule has 2 heterocycles. The van der Waals surface area contributed by atoms with Crippen LogP contribution in [0.15, 0.2) is 47.4 Å². The Morgan fingerprint density at radius 2 is 1.65 bits per heavy atom. The summed E-state index contributed by atoms with van der Waals surface area (Å²) in [5, 5.41) is 8.80. The van der Waals surface area contributed by atoms with E-state index in [0.29, 0.717) is 40.8 Å². The highest BCUT2D eigenvalue weighted by molar-refractivity contribution is 7.89. The van der Waals surface area contributed by atoms with Crippen LogP contribution < -0.4 is 5.73 Å². The predicted octanol–water partition coefficient (Wildman–Crippen LogP) is 2.42. The Hall–Kier alpha value is -2.45. The molecule has 0 atom stereocenters. The molecule has 0 bridgehead atoms. The first-order valence-corrected chi connectivity index (χ1v) is 10.1. The van der Waals surface area contributed by atoms with Gasteiger partial charge in [-0.1, -0.05) is 6.92 Å². The van der Waals surface area contributed by atoms with Gasteiger partial charge in [-0.3, -0.25) is 0 Å². The molecule has 7 nitrogen and oxygen atoms in total. The quantitative estimate of drug-likeness (QED) is 0.714. The Morgan fingerprint density at radius 3 is 2.35 bits per heavy atom. The van der Waals surface area contributed by atoms with Crippen molar-refractivity contribution in [3.63, 3.8) is 0 Å². The summed E-state index contributed by atoms with van der Waals surface area (Å²) in [6, 6.07) is 12.0. The Labute approximate surface area is 152 Å². The maximum Gasteiger partial charge on any atom is 0.243 e. The van der Waals surface area contributed by atoms with Crippen molar-refractivity contribution in [3.05, 3.63) is 42.5 Å². The monoisotopic (exact) mass is 371 g/mol. The molecule has 0 amide bonds. The number of piperidine rings is 1. The van der Waals surface area contributed by atoms with E-state index >= 15 is 0 Å². The van der Waals surface area contributed by atoms with Crippen LogP contribution in [0.1, 0.15) is 19.8 Å². The Kier molecular flexibility index (Phi) is 4.16. The fourth-order valence-electron chi connectivity index (χ4n) is 3.17. The number of fused-ring (bicyclic) bond motifs is 1. The van der Waals surface area contributed by atoms with Crippen LogP contribution in [0.4, 0.5) is 5.69 Å². The van der Waals surface area contributed by atoms with E-state index in [0.717, 1.165) is 18.4 Å². The van der Waals surface area contributed by atoms with Crippen LogP contribution in [-0.2, 0) is 10.0 Å². The van der Waals surface area contributed by atoms with Crippen molar-refractivity contribution in [1.82, 2.24) is 19.3 Å². The number of nitrogens with two attached hydrogens (primary N) is 1. The first-order valence-electron chi connectivity index (χ1n) is 8.67. The lowest BCUT2D eigenvalue weighted by Gasteiger charge is -2.29. The molecule has 0 spiro atoms. The van der Waals surface area contributed by atoms with Gasteiger partial charge in [0.25, 0.3) is 0 Å². The van der Waals surface area contributed by atoms with Crippen molar-refractivity contribution in [2.75, 3.05) is 18.8 Å². The average Bonchev–Trinajstić information content (AvgIpc) is 3.05. The molecule has 1 aliphatic heterocycles. The van der Waals surface area contributed by atoms with E-state index in [-0.39, 0.29) is 0 Å². The molecule has 0 aliphatic carbocycles. The van der Waals surface area contributed by atoms with Crippen molar-refractivity contribution in [1.29, 1.82) is 0 Å². The van der Waals surface area contributed by atoms with Crippen LogP contribution in [0.5, 0.6) is 0 Å². The van der Waals surface area contributed by atoms with Crippen LogP contribution in [0.2, 0.25) is 0 Å². The second-order valence-corrected chi connectivity index (χ2v) is 8.76. The molecule has 26 heavy (non-hydrogen) atoms. The standard InChI is InChI=1S/C18H21N5O2S/c1-13-8-10-22(11-9-13)26(24,25)16-5-3-15(4-6-16)23-20-17-7-2-14(19)12-18(17)21-23/h2-7,12-13H,8-11,19H2,1H3.